The van der Waals surface area contributed by atoms with Gasteiger partial charge in [0.2, 0.25) is 5.95 Å². The van der Waals surface area contributed by atoms with Gasteiger partial charge >= 0.3 is 5.84 Å². The fourth-order valence-electron chi connectivity index (χ4n) is 4.73. The minimum Gasteiger partial charge on any atom is -0.497 e. The number of aromatic nitrogens is 4. The van der Waals surface area contributed by atoms with E-state index in [0.29, 0.717) is 11.8 Å². The number of piperidine rings is 1. The molecule has 2 aromatic carbocycles. The second-order valence-corrected chi connectivity index (χ2v) is 9.20. The van der Waals surface area contributed by atoms with Crippen molar-refractivity contribution in [2.75, 3.05) is 30.4 Å². The summed E-state index contributed by atoms with van der Waals surface area (Å²) in [6.45, 7) is 1.88. The highest BCUT2D eigenvalue weighted by Gasteiger charge is 2.23. The lowest BCUT2D eigenvalue weighted by Gasteiger charge is -2.34. The molecule has 1 fully saturated rings. The van der Waals surface area contributed by atoms with E-state index in [0.717, 1.165) is 59.3 Å². The molecule has 1 saturated heterocycles. The maximum atomic E-state index is 6.07. The van der Waals surface area contributed by atoms with Gasteiger partial charge in [0.05, 0.1) is 12.8 Å². The molecule has 0 saturated carbocycles. The van der Waals surface area contributed by atoms with Gasteiger partial charge in [0.1, 0.15) is 23.4 Å². The molecule has 6 rings (SSSR count). The van der Waals surface area contributed by atoms with Crippen molar-refractivity contribution < 1.29 is 9.15 Å². The van der Waals surface area contributed by atoms with Crippen LogP contribution in [0.4, 0.5) is 11.6 Å². The quantitative estimate of drug-likeness (QED) is 0.316. The highest BCUT2D eigenvalue weighted by molar-refractivity contribution is 6.30. The summed E-state index contributed by atoms with van der Waals surface area (Å²) in [6.07, 6.45) is 7.37. The SMILES string of the molecule is COc1cccc(-c2nc3occn3c2-c2ccnc(N[C@@H]3CCCN(c4ccc(Cl)cc4)C3)n2)c1. The lowest BCUT2D eigenvalue weighted by Crippen LogP contribution is -2.42. The standard InChI is InChI=1S/C27H25ClN6O2/c1-35-22-6-2-4-18(16-22)24-25(34-14-15-36-27(34)32-24)23-11-12-29-26(31-23)30-20-5-3-13-33(17-20)21-9-7-19(28)8-10-21/h2,4,6-12,14-16,20H,3,5,13,17H2,1H3,(H,29,30,31)/t20-/m1/s1. The van der Waals surface area contributed by atoms with E-state index in [-0.39, 0.29) is 6.04 Å². The number of hydrogen-bond donors (Lipinski definition) is 1. The maximum Gasteiger partial charge on any atom is 0.306 e. The van der Waals surface area contributed by atoms with Gasteiger partial charge in [0, 0.05) is 47.8 Å². The molecule has 1 aliphatic rings. The largest absolute Gasteiger partial charge is 0.497 e. The second kappa shape index (κ2) is 9.54. The van der Waals surface area contributed by atoms with E-state index in [9.17, 15) is 0 Å². The highest BCUT2D eigenvalue weighted by atomic mass is 35.5. The monoisotopic (exact) mass is 500 g/mol. The average Bonchev–Trinajstić information content (AvgIpc) is 3.51. The number of nitrogens with zero attached hydrogens (tertiary/aromatic N) is 5. The number of hydrogen-bond acceptors (Lipinski definition) is 7. The summed E-state index contributed by atoms with van der Waals surface area (Å²) in [7, 11) is 1.65. The van der Waals surface area contributed by atoms with E-state index in [1.54, 1.807) is 19.6 Å². The topological polar surface area (TPSA) is 80.7 Å². The molecule has 36 heavy (non-hydrogen) atoms. The van der Waals surface area contributed by atoms with Crippen LogP contribution in [0, 0.1) is 0 Å². The number of anilines is 2. The number of oxazole rings is 1. The van der Waals surface area contributed by atoms with E-state index in [4.69, 9.17) is 30.7 Å². The molecule has 1 aliphatic heterocycles. The minimum absolute atomic E-state index is 0.224. The van der Waals surface area contributed by atoms with Gasteiger partial charge in [-0.1, -0.05) is 23.7 Å². The Bertz CT molecular complexity index is 1500. The number of fused-ring (bicyclic) bond motifs is 1. The van der Waals surface area contributed by atoms with Gasteiger partial charge in [0.25, 0.3) is 0 Å². The van der Waals surface area contributed by atoms with Crippen molar-refractivity contribution in [2.24, 2.45) is 0 Å². The molecular weight excluding hydrogens is 476 g/mol. The molecule has 0 radical (unpaired) electrons. The molecule has 1 N–H and O–H groups in total. The molecule has 1 atom stereocenters. The summed E-state index contributed by atoms with van der Waals surface area (Å²) in [5, 5.41) is 4.30. The number of rotatable bonds is 6. The number of methoxy groups -OCH3 is 1. The van der Waals surface area contributed by atoms with E-state index in [1.165, 1.54) is 5.69 Å². The van der Waals surface area contributed by atoms with Crippen LogP contribution >= 0.6 is 11.6 Å². The lowest BCUT2D eigenvalue weighted by molar-refractivity contribution is 0.415. The first-order valence-electron chi connectivity index (χ1n) is 11.9. The molecule has 0 aliphatic carbocycles. The van der Waals surface area contributed by atoms with Gasteiger partial charge in [-0.2, -0.15) is 4.98 Å². The Morgan fingerprint density at radius 2 is 2.00 bits per heavy atom. The van der Waals surface area contributed by atoms with E-state index in [2.05, 4.69) is 27.3 Å². The maximum absolute atomic E-state index is 6.07. The average molecular weight is 501 g/mol. The summed E-state index contributed by atoms with van der Waals surface area (Å²) in [6, 6.07) is 17.9. The van der Waals surface area contributed by atoms with Crippen LogP contribution in [0.5, 0.6) is 5.75 Å². The summed E-state index contributed by atoms with van der Waals surface area (Å²) in [5.74, 6) is 1.85. The molecule has 5 aromatic rings. The van der Waals surface area contributed by atoms with Crippen LogP contribution < -0.4 is 15.0 Å². The van der Waals surface area contributed by atoms with Crippen molar-refractivity contribution in [3.05, 3.63) is 78.3 Å². The number of ether oxygens (including phenoxy) is 1. The normalized spacial score (nSPS) is 15.8. The second-order valence-electron chi connectivity index (χ2n) is 8.77. The van der Waals surface area contributed by atoms with Gasteiger partial charge < -0.3 is 19.4 Å². The first kappa shape index (κ1) is 22.4. The predicted molar refractivity (Wildman–Crippen MR) is 141 cm³/mol. The zero-order valence-electron chi connectivity index (χ0n) is 19.8. The fraction of sp³-hybridized carbons (Fsp3) is 0.222. The van der Waals surface area contributed by atoms with Crippen molar-refractivity contribution >= 4 is 29.1 Å². The van der Waals surface area contributed by atoms with Crippen molar-refractivity contribution in [1.82, 2.24) is 19.4 Å². The van der Waals surface area contributed by atoms with E-state index < -0.39 is 0 Å². The number of nitrogens with one attached hydrogen (secondary N) is 1. The summed E-state index contributed by atoms with van der Waals surface area (Å²) < 4.78 is 12.9. The third-order valence-corrected chi connectivity index (χ3v) is 6.70. The summed E-state index contributed by atoms with van der Waals surface area (Å²) >= 11 is 6.07. The Balaban J connectivity index is 1.30. The molecule has 9 heteroatoms. The summed E-state index contributed by atoms with van der Waals surface area (Å²) in [5.41, 5.74) is 4.45. The van der Waals surface area contributed by atoms with Gasteiger partial charge in [-0.25, -0.2) is 9.97 Å². The molecule has 3 aromatic heterocycles. The van der Waals surface area contributed by atoms with Crippen LogP contribution in [0.25, 0.3) is 28.5 Å². The van der Waals surface area contributed by atoms with Crippen LogP contribution in [0.2, 0.25) is 5.02 Å². The van der Waals surface area contributed by atoms with Crippen molar-refractivity contribution in [1.29, 1.82) is 0 Å². The van der Waals surface area contributed by atoms with Crippen molar-refractivity contribution in [2.45, 2.75) is 18.9 Å². The Hall–Kier alpha value is -4.04. The first-order valence-corrected chi connectivity index (χ1v) is 12.3. The zero-order chi connectivity index (χ0) is 24.5. The fourth-order valence-corrected chi connectivity index (χ4v) is 4.85. The van der Waals surface area contributed by atoms with Gasteiger partial charge in [-0.15, -0.1) is 0 Å². The molecule has 4 heterocycles. The van der Waals surface area contributed by atoms with Crippen molar-refractivity contribution in [3.8, 4) is 28.4 Å². The molecule has 0 bridgehead atoms. The van der Waals surface area contributed by atoms with Crippen LogP contribution in [0.1, 0.15) is 12.8 Å². The van der Waals surface area contributed by atoms with Crippen LogP contribution in [-0.2, 0) is 0 Å². The molecule has 0 amide bonds. The number of imidazole rings is 1. The Morgan fingerprint density at radius 1 is 1.11 bits per heavy atom. The van der Waals surface area contributed by atoms with Gasteiger partial charge in [0.15, 0.2) is 0 Å². The number of benzene rings is 2. The predicted octanol–water partition coefficient (Wildman–Crippen LogP) is 5.79. The lowest BCUT2D eigenvalue weighted by atomic mass is 10.0. The van der Waals surface area contributed by atoms with E-state index in [1.807, 2.05) is 53.1 Å². The number of halogens is 1. The Kier molecular flexibility index (Phi) is 5.95. The van der Waals surface area contributed by atoms with Crippen LogP contribution in [-0.4, -0.2) is 45.6 Å². The molecule has 0 unspecified atom stereocenters. The molecule has 182 valence electrons. The Morgan fingerprint density at radius 3 is 2.86 bits per heavy atom. The highest BCUT2D eigenvalue weighted by Crippen LogP contribution is 2.34. The van der Waals surface area contributed by atoms with E-state index >= 15 is 0 Å². The smallest absolute Gasteiger partial charge is 0.306 e. The summed E-state index contributed by atoms with van der Waals surface area (Å²) in [4.78, 5) is 16.5. The van der Waals surface area contributed by atoms with Gasteiger partial charge in [-0.3, -0.25) is 4.40 Å². The Labute approximate surface area is 213 Å². The molecule has 8 nitrogen and oxygen atoms in total. The zero-order valence-corrected chi connectivity index (χ0v) is 20.5. The third kappa shape index (κ3) is 4.35. The van der Waals surface area contributed by atoms with Crippen LogP contribution in [0.15, 0.2) is 77.7 Å². The molecule has 0 spiro atoms. The van der Waals surface area contributed by atoms with Gasteiger partial charge in [-0.05, 0) is 55.3 Å². The third-order valence-electron chi connectivity index (χ3n) is 6.45. The minimum atomic E-state index is 0.224. The first-order chi connectivity index (χ1) is 17.7. The molecular formula is C27H25ClN6O2. The van der Waals surface area contributed by atoms with Crippen molar-refractivity contribution in [3.63, 3.8) is 0 Å². The van der Waals surface area contributed by atoms with Crippen LogP contribution in [0.3, 0.4) is 0 Å².